The summed E-state index contributed by atoms with van der Waals surface area (Å²) in [6.45, 7) is 0. The molecule has 0 radical (unpaired) electrons. The molecule has 0 aliphatic heterocycles. The summed E-state index contributed by atoms with van der Waals surface area (Å²) in [4.78, 5) is 22.2. The van der Waals surface area contributed by atoms with Crippen LogP contribution in [0.15, 0.2) is 54.6 Å². The third-order valence-corrected chi connectivity index (χ3v) is 2.90. The summed E-state index contributed by atoms with van der Waals surface area (Å²) in [7, 11) is 1.57. The van der Waals surface area contributed by atoms with Gasteiger partial charge < -0.3 is 10.1 Å². The fourth-order valence-corrected chi connectivity index (χ4v) is 1.80. The van der Waals surface area contributed by atoms with Gasteiger partial charge in [0.15, 0.2) is 0 Å². The van der Waals surface area contributed by atoms with Crippen molar-refractivity contribution in [3.05, 3.63) is 70.3 Å². The second-order valence-electron chi connectivity index (χ2n) is 4.37. The molecule has 22 heavy (non-hydrogen) atoms. The molecule has 2 aromatic carbocycles. The monoisotopic (exact) mass is 298 g/mol. The molecule has 0 aliphatic rings. The van der Waals surface area contributed by atoms with Gasteiger partial charge >= 0.3 is 0 Å². The first-order chi connectivity index (χ1) is 10.6. The largest absolute Gasteiger partial charge is 0.497 e. The SMILES string of the molecule is COc1ccc(C=CC(=O)Nc2ccccc2[N+](=O)[O-])cc1. The van der Waals surface area contributed by atoms with Crippen LogP contribution < -0.4 is 10.1 Å². The van der Waals surface area contributed by atoms with Crippen LogP contribution in [0.4, 0.5) is 11.4 Å². The van der Waals surface area contributed by atoms with Gasteiger partial charge in [0.2, 0.25) is 5.91 Å². The zero-order chi connectivity index (χ0) is 15.9. The number of nitrogens with one attached hydrogen (secondary N) is 1. The first-order valence-corrected chi connectivity index (χ1v) is 6.46. The Hall–Kier alpha value is -3.15. The van der Waals surface area contributed by atoms with Crippen molar-refractivity contribution < 1.29 is 14.5 Å². The molecule has 0 atom stereocenters. The van der Waals surface area contributed by atoms with E-state index in [1.807, 2.05) is 0 Å². The maximum absolute atomic E-state index is 11.8. The third kappa shape index (κ3) is 3.92. The van der Waals surface area contributed by atoms with Crippen molar-refractivity contribution in [1.29, 1.82) is 0 Å². The fourth-order valence-electron chi connectivity index (χ4n) is 1.80. The highest BCUT2D eigenvalue weighted by Gasteiger charge is 2.13. The van der Waals surface area contributed by atoms with Crippen molar-refractivity contribution in [2.45, 2.75) is 0 Å². The van der Waals surface area contributed by atoms with E-state index >= 15 is 0 Å². The molecule has 2 rings (SSSR count). The number of ether oxygens (including phenoxy) is 1. The Bertz CT molecular complexity index is 708. The standard InChI is InChI=1S/C16H14N2O4/c1-22-13-9-6-12(7-10-13)8-11-16(19)17-14-4-2-3-5-15(14)18(20)21/h2-11H,1H3,(H,17,19). The second-order valence-corrected chi connectivity index (χ2v) is 4.37. The summed E-state index contributed by atoms with van der Waals surface area (Å²) in [5.41, 5.74) is 0.837. The predicted octanol–water partition coefficient (Wildman–Crippen LogP) is 3.26. The summed E-state index contributed by atoms with van der Waals surface area (Å²) in [6, 6.07) is 13.1. The molecule has 0 saturated heterocycles. The summed E-state index contributed by atoms with van der Waals surface area (Å²) >= 11 is 0. The summed E-state index contributed by atoms with van der Waals surface area (Å²) in [5, 5.41) is 13.4. The molecule has 2 aromatic rings. The van der Waals surface area contributed by atoms with Gasteiger partial charge in [-0.25, -0.2) is 0 Å². The highest BCUT2D eigenvalue weighted by atomic mass is 16.6. The van der Waals surface area contributed by atoms with Crippen LogP contribution in [-0.4, -0.2) is 17.9 Å². The number of hydrogen-bond acceptors (Lipinski definition) is 4. The average Bonchev–Trinajstić information content (AvgIpc) is 2.53. The van der Waals surface area contributed by atoms with Crippen LogP contribution in [0.5, 0.6) is 5.75 Å². The third-order valence-electron chi connectivity index (χ3n) is 2.90. The number of nitro benzene ring substituents is 1. The first-order valence-electron chi connectivity index (χ1n) is 6.46. The Labute approximate surface area is 127 Å². The number of benzene rings is 2. The van der Waals surface area contributed by atoms with Gasteiger partial charge in [-0.3, -0.25) is 14.9 Å². The topological polar surface area (TPSA) is 81.5 Å². The van der Waals surface area contributed by atoms with Crippen molar-refractivity contribution >= 4 is 23.4 Å². The Balaban J connectivity index is 2.06. The smallest absolute Gasteiger partial charge is 0.292 e. The number of nitro groups is 1. The van der Waals surface area contributed by atoms with Crippen LogP contribution in [0.3, 0.4) is 0 Å². The van der Waals surface area contributed by atoms with E-state index in [0.29, 0.717) is 0 Å². The molecular weight excluding hydrogens is 284 g/mol. The normalized spacial score (nSPS) is 10.4. The van der Waals surface area contributed by atoms with E-state index in [4.69, 9.17) is 4.74 Å². The molecule has 0 fully saturated rings. The summed E-state index contributed by atoms with van der Waals surface area (Å²) in [6.07, 6.45) is 2.93. The maximum Gasteiger partial charge on any atom is 0.292 e. The van der Waals surface area contributed by atoms with Crippen LogP contribution >= 0.6 is 0 Å². The van der Waals surface area contributed by atoms with Gasteiger partial charge in [-0.1, -0.05) is 24.3 Å². The van der Waals surface area contributed by atoms with Gasteiger partial charge in [0.05, 0.1) is 12.0 Å². The quantitative estimate of drug-likeness (QED) is 0.522. The molecular formula is C16H14N2O4. The average molecular weight is 298 g/mol. The van der Waals surface area contributed by atoms with Crippen molar-refractivity contribution in [1.82, 2.24) is 0 Å². The minimum atomic E-state index is -0.539. The van der Waals surface area contributed by atoms with Gasteiger partial charge in [0, 0.05) is 12.1 Å². The van der Waals surface area contributed by atoms with Gasteiger partial charge in [0.1, 0.15) is 11.4 Å². The highest BCUT2D eigenvalue weighted by molar-refractivity contribution is 6.03. The lowest BCUT2D eigenvalue weighted by molar-refractivity contribution is -0.383. The number of amides is 1. The summed E-state index contributed by atoms with van der Waals surface area (Å²) < 4.78 is 5.04. The first kappa shape index (κ1) is 15.2. The van der Waals surface area contributed by atoms with Gasteiger partial charge in [0.25, 0.3) is 5.69 Å². The van der Waals surface area contributed by atoms with Crippen LogP contribution in [0.2, 0.25) is 0 Å². The van der Waals surface area contributed by atoms with Crippen LogP contribution in [0, 0.1) is 10.1 Å². The number of anilines is 1. The predicted molar refractivity (Wildman–Crippen MR) is 83.8 cm³/mol. The molecule has 0 heterocycles. The minimum absolute atomic E-state index is 0.145. The molecule has 1 amide bonds. The number of hydrogen-bond donors (Lipinski definition) is 1. The second kappa shape index (κ2) is 7.03. The van der Waals surface area contributed by atoms with Crippen molar-refractivity contribution in [3.8, 4) is 5.75 Å². The molecule has 0 aromatic heterocycles. The van der Waals surface area contributed by atoms with Crippen molar-refractivity contribution in [2.75, 3.05) is 12.4 Å². The molecule has 0 unspecified atom stereocenters. The number of nitrogens with zero attached hydrogens (tertiary/aromatic N) is 1. The lowest BCUT2D eigenvalue weighted by Gasteiger charge is -2.03. The number of para-hydroxylation sites is 2. The Kier molecular flexibility index (Phi) is 4.87. The number of rotatable bonds is 5. The number of methoxy groups -OCH3 is 1. The van der Waals surface area contributed by atoms with Gasteiger partial charge in [-0.15, -0.1) is 0 Å². The van der Waals surface area contributed by atoms with Gasteiger partial charge in [-0.05, 0) is 29.8 Å². The van der Waals surface area contributed by atoms with E-state index in [1.165, 1.54) is 18.2 Å². The zero-order valence-electron chi connectivity index (χ0n) is 11.9. The molecule has 1 N–H and O–H groups in total. The fraction of sp³-hybridized carbons (Fsp3) is 0.0625. The van der Waals surface area contributed by atoms with Gasteiger partial charge in [-0.2, -0.15) is 0 Å². The number of carbonyl (C=O) groups excluding carboxylic acids is 1. The molecule has 6 nitrogen and oxygen atoms in total. The van der Waals surface area contributed by atoms with Crippen molar-refractivity contribution in [2.24, 2.45) is 0 Å². The molecule has 6 heteroatoms. The highest BCUT2D eigenvalue weighted by Crippen LogP contribution is 2.23. The Morgan fingerprint density at radius 1 is 1.18 bits per heavy atom. The molecule has 112 valence electrons. The van der Waals surface area contributed by atoms with Crippen LogP contribution in [-0.2, 0) is 4.79 Å². The van der Waals surface area contributed by atoms with E-state index in [0.717, 1.165) is 11.3 Å². The lowest BCUT2D eigenvalue weighted by Crippen LogP contribution is -2.09. The number of carbonyl (C=O) groups is 1. The van der Waals surface area contributed by atoms with E-state index in [1.54, 1.807) is 49.6 Å². The van der Waals surface area contributed by atoms with Crippen LogP contribution in [0.1, 0.15) is 5.56 Å². The Morgan fingerprint density at radius 2 is 1.86 bits per heavy atom. The molecule has 0 spiro atoms. The van der Waals surface area contributed by atoms with Crippen LogP contribution in [0.25, 0.3) is 6.08 Å². The molecule has 0 saturated carbocycles. The minimum Gasteiger partial charge on any atom is -0.497 e. The van der Waals surface area contributed by atoms with E-state index < -0.39 is 10.8 Å². The summed E-state index contributed by atoms with van der Waals surface area (Å²) in [5.74, 6) is 0.284. The molecule has 0 bridgehead atoms. The zero-order valence-corrected chi connectivity index (χ0v) is 11.9. The maximum atomic E-state index is 11.8. The van der Waals surface area contributed by atoms with Crippen molar-refractivity contribution in [3.63, 3.8) is 0 Å². The lowest BCUT2D eigenvalue weighted by atomic mass is 10.2. The van der Waals surface area contributed by atoms with E-state index in [9.17, 15) is 14.9 Å². The Morgan fingerprint density at radius 3 is 2.50 bits per heavy atom. The molecule has 0 aliphatic carbocycles. The van der Waals surface area contributed by atoms with E-state index in [2.05, 4.69) is 5.32 Å². The van der Waals surface area contributed by atoms with E-state index in [-0.39, 0.29) is 11.4 Å².